The lowest BCUT2D eigenvalue weighted by atomic mass is 9.82. The Kier molecular flexibility index (Phi) is 6.59. The molecule has 8 aromatic carbocycles. The summed E-state index contributed by atoms with van der Waals surface area (Å²) in [5, 5.41) is 11.9. The molecule has 0 amide bonds. The fraction of sp³-hybridized carbons (Fsp3) is 0. The van der Waals surface area contributed by atoms with Crippen LogP contribution in [0.15, 0.2) is 176 Å². The number of rotatable bonds is 5. The fourth-order valence-corrected chi connectivity index (χ4v) is 7.45. The summed E-state index contributed by atoms with van der Waals surface area (Å²) in [6, 6.07) is 65.2. The highest BCUT2D eigenvalue weighted by Gasteiger charge is 2.30. The zero-order valence-corrected chi connectivity index (χ0v) is 26.2. The van der Waals surface area contributed by atoms with Crippen LogP contribution in [0.1, 0.15) is 5.56 Å². The van der Waals surface area contributed by atoms with E-state index in [9.17, 15) is 5.26 Å². The van der Waals surface area contributed by atoms with Crippen molar-refractivity contribution in [3.05, 3.63) is 181 Å². The van der Waals surface area contributed by atoms with Crippen LogP contribution in [0.25, 0.3) is 88.7 Å². The smallest absolute Gasteiger partial charge is 0.0991 e. The molecule has 1 nitrogen and oxygen atoms in total. The Morgan fingerprint density at radius 2 is 0.812 bits per heavy atom. The van der Waals surface area contributed by atoms with Gasteiger partial charge < -0.3 is 0 Å². The summed E-state index contributed by atoms with van der Waals surface area (Å²) in [6.07, 6.45) is 0. The van der Waals surface area contributed by atoms with E-state index in [1.807, 2.05) is 24.3 Å². The van der Waals surface area contributed by atoms with E-state index < -0.39 is 0 Å². The van der Waals surface area contributed by atoms with Crippen LogP contribution in [-0.2, 0) is 0 Å². The van der Waals surface area contributed by atoms with Gasteiger partial charge in [0.15, 0.2) is 0 Å². The van der Waals surface area contributed by atoms with Crippen molar-refractivity contribution in [3.8, 4) is 84.0 Å². The Morgan fingerprint density at radius 1 is 0.312 bits per heavy atom. The standard InChI is InChI=1S/C47H29N/c48-30-31-23-25-32(26-24-31)36-17-7-18-37(27-36)38-19-8-20-39(28-38)43-29-42(33-11-3-1-4-12-33)46-40-21-9-15-34-16-10-22-41(44(34)40)47(46)45(43)35-13-5-2-6-14-35/h1-29H. The third-order valence-electron chi connectivity index (χ3n) is 9.63. The van der Waals surface area contributed by atoms with E-state index in [-0.39, 0.29) is 0 Å². The molecule has 0 heterocycles. The molecule has 48 heavy (non-hydrogen) atoms. The molecule has 0 fully saturated rings. The number of hydrogen-bond acceptors (Lipinski definition) is 1. The molecular weight excluding hydrogens is 579 g/mol. The van der Waals surface area contributed by atoms with Gasteiger partial charge >= 0.3 is 0 Å². The van der Waals surface area contributed by atoms with E-state index in [0.29, 0.717) is 5.56 Å². The zero-order valence-electron chi connectivity index (χ0n) is 26.2. The highest BCUT2D eigenvalue weighted by Crippen LogP contribution is 2.57. The van der Waals surface area contributed by atoms with Gasteiger partial charge in [-0.15, -0.1) is 0 Å². The van der Waals surface area contributed by atoms with Gasteiger partial charge in [0.1, 0.15) is 0 Å². The Morgan fingerprint density at radius 3 is 1.46 bits per heavy atom. The summed E-state index contributed by atoms with van der Waals surface area (Å²) in [7, 11) is 0. The molecule has 0 aromatic heterocycles. The molecule has 1 aliphatic carbocycles. The molecule has 0 saturated carbocycles. The van der Waals surface area contributed by atoms with Gasteiger partial charge in [-0.25, -0.2) is 0 Å². The fourth-order valence-electron chi connectivity index (χ4n) is 7.45. The van der Waals surface area contributed by atoms with Crippen LogP contribution in [-0.4, -0.2) is 0 Å². The molecule has 1 heteroatoms. The molecule has 0 N–H and O–H groups in total. The summed E-state index contributed by atoms with van der Waals surface area (Å²) in [5.41, 5.74) is 17.7. The van der Waals surface area contributed by atoms with Gasteiger partial charge in [0.25, 0.3) is 0 Å². The van der Waals surface area contributed by atoms with Crippen LogP contribution < -0.4 is 0 Å². The molecule has 0 aliphatic heterocycles. The van der Waals surface area contributed by atoms with Crippen molar-refractivity contribution in [3.63, 3.8) is 0 Å². The van der Waals surface area contributed by atoms with Crippen LogP contribution in [0.2, 0.25) is 0 Å². The molecule has 0 saturated heterocycles. The van der Waals surface area contributed by atoms with Crippen LogP contribution in [0.5, 0.6) is 0 Å². The minimum atomic E-state index is 0.667. The van der Waals surface area contributed by atoms with Crippen molar-refractivity contribution >= 4 is 10.8 Å². The molecule has 0 bridgehead atoms. The number of benzene rings is 8. The lowest BCUT2D eigenvalue weighted by Gasteiger charge is -2.21. The summed E-state index contributed by atoms with van der Waals surface area (Å²) in [4.78, 5) is 0. The van der Waals surface area contributed by atoms with Crippen molar-refractivity contribution in [2.24, 2.45) is 0 Å². The Bertz CT molecular complexity index is 2530. The van der Waals surface area contributed by atoms with Crippen molar-refractivity contribution in [1.82, 2.24) is 0 Å². The first-order valence-corrected chi connectivity index (χ1v) is 16.3. The first kappa shape index (κ1) is 27.8. The van der Waals surface area contributed by atoms with Gasteiger partial charge in [-0.2, -0.15) is 5.26 Å². The lowest BCUT2D eigenvalue weighted by Crippen LogP contribution is -1.94. The van der Waals surface area contributed by atoms with Gasteiger partial charge in [-0.1, -0.05) is 146 Å². The molecule has 8 aromatic rings. The topological polar surface area (TPSA) is 23.8 Å². The second-order valence-electron chi connectivity index (χ2n) is 12.4. The third-order valence-corrected chi connectivity index (χ3v) is 9.63. The molecular formula is C47H29N. The van der Waals surface area contributed by atoms with Crippen LogP contribution in [0.3, 0.4) is 0 Å². The van der Waals surface area contributed by atoms with Gasteiger partial charge in [-0.3, -0.25) is 0 Å². The average molecular weight is 608 g/mol. The molecule has 0 radical (unpaired) electrons. The Balaban J connectivity index is 1.30. The third kappa shape index (κ3) is 4.55. The Hall–Kier alpha value is -6.49. The SMILES string of the molecule is N#Cc1ccc(-c2cccc(-c3cccc(-c4cc(-c5ccccc5)c5c(c4-c4ccccc4)-c4cccc6cccc-5c46)c3)c2)cc1. The summed E-state index contributed by atoms with van der Waals surface area (Å²) in [6.45, 7) is 0. The number of fused-ring (bicyclic) bond motifs is 3. The monoisotopic (exact) mass is 607 g/mol. The predicted octanol–water partition coefficient (Wildman–Crippen LogP) is 12.7. The molecule has 9 rings (SSSR count). The molecule has 0 atom stereocenters. The average Bonchev–Trinajstić information content (AvgIpc) is 3.51. The second-order valence-corrected chi connectivity index (χ2v) is 12.4. The van der Waals surface area contributed by atoms with Crippen molar-refractivity contribution in [2.45, 2.75) is 0 Å². The van der Waals surface area contributed by atoms with E-state index in [1.54, 1.807) is 0 Å². The Labute approximate surface area is 280 Å². The second kappa shape index (κ2) is 11.4. The molecule has 0 unspecified atom stereocenters. The van der Waals surface area contributed by atoms with Gasteiger partial charge in [0.2, 0.25) is 0 Å². The first-order valence-electron chi connectivity index (χ1n) is 16.3. The highest BCUT2D eigenvalue weighted by atomic mass is 14.3. The molecule has 222 valence electrons. The predicted molar refractivity (Wildman–Crippen MR) is 200 cm³/mol. The van der Waals surface area contributed by atoms with Crippen molar-refractivity contribution in [2.75, 3.05) is 0 Å². The van der Waals surface area contributed by atoms with Crippen LogP contribution >= 0.6 is 0 Å². The quantitative estimate of drug-likeness (QED) is 0.191. The maximum Gasteiger partial charge on any atom is 0.0991 e. The maximum atomic E-state index is 9.27. The molecule has 1 aliphatic rings. The van der Waals surface area contributed by atoms with E-state index >= 15 is 0 Å². The van der Waals surface area contributed by atoms with Crippen molar-refractivity contribution < 1.29 is 0 Å². The highest BCUT2D eigenvalue weighted by molar-refractivity contribution is 6.22. The lowest BCUT2D eigenvalue weighted by molar-refractivity contribution is 1.48. The molecule has 0 spiro atoms. The number of nitriles is 1. The summed E-state index contributed by atoms with van der Waals surface area (Å²) in [5.74, 6) is 0. The van der Waals surface area contributed by atoms with E-state index in [4.69, 9.17) is 0 Å². The van der Waals surface area contributed by atoms with Crippen LogP contribution in [0, 0.1) is 11.3 Å². The van der Waals surface area contributed by atoms with E-state index in [1.165, 1.54) is 66.4 Å². The summed E-state index contributed by atoms with van der Waals surface area (Å²) >= 11 is 0. The summed E-state index contributed by atoms with van der Waals surface area (Å²) < 4.78 is 0. The first-order chi connectivity index (χ1) is 23.8. The zero-order chi connectivity index (χ0) is 32.0. The largest absolute Gasteiger partial charge is 0.192 e. The van der Waals surface area contributed by atoms with Gasteiger partial charge in [0, 0.05) is 0 Å². The minimum Gasteiger partial charge on any atom is -0.192 e. The number of nitrogens with zero attached hydrogens (tertiary/aromatic N) is 1. The maximum absolute atomic E-state index is 9.27. The number of hydrogen-bond donors (Lipinski definition) is 0. The van der Waals surface area contributed by atoms with Crippen molar-refractivity contribution in [1.29, 1.82) is 5.26 Å². The van der Waals surface area contributed by atoms with E-state index in [0.717, 1.165) is 22.3 Å². The van der Waals surface area contributed by atoms with E-state index in [2.05, 4.69) is 158 Å². The van der Waals surface area contributed by atoms with Gasteiger partial charge in [-0.05, 0) is 119 Å². The minimum absolute atomic E-state index is 0.667. The normalized spacial score (nSPS) is 11.3. The van der Waals surface area contributed by atoms with Gasteiger partial charge in [0.05, 0.1) is 11.6 Å². The van der Waals surface area contributed by atoms with Crippen LogP contribution in [0.4, 0.5) is 0 Å².